The van der Waals surface area contributed by atoms with E-state index in [0.29, 0.717) is 43.4 Å². The largest absolute Gasteiger partial charge is 0.496 e. The van der Waals surface area contributed by atoms with Gasteiger partial charge in [0, 0.05) is 17.4 Å². The van der Waals surface area contributed by atoms with Crippen molar-refractivity contribution in [2.45, 2.75) is 51.6 Å². The molecule has 1 saturated heterocycles. The van der Waals surface area contributed by atoms with Crippen molar-refractivity contribution in [3.8, 4) is 5.75 Å². The van der Waals surface area contributed by atoms with Gasteiger partial charge in [0.2, 0.25) is 5.91 Å². The molecule has 0 saturated carbocycles. The number of nitrogens with one attached hydrogen (secondary N) is 4. The number of H-pyrrole nitrogens is 1. The van der Waals surface area contributed by atoms with Crippen molar-refractivity contribution in [3.05, 3.63) is 30.0 Å². The van der Waals surface area contributed by atoms with Crippen molar-refractivity contribution in [1.82, 2.24) is 21.1 Å². The van der Waals surface area contributed by atoms with Crippen molar-refractivity contribution >= 4 is 40.1 Å². The maximum atomic E-state index is 13.3. The fourth-order valence-corrected chi connectivity index (χ4v) is 4.37. The minimum atomic E-state index is -0.798. The van der Waals surface area contributed by atoms with Gasteiger partial charge in [-0.25, -0.2) is 5.48 Å². The molecule has 1 aliphatic heterocycles. The monoisotopic (exact) mass is 506 g/mol. The van der Waals surface area contributed by atoms with Gasteiger partial charge in [0.25, 0.3) is 5.91 Å². The van der Waals surface area contributed by atoms with E-state index in [0.717, 1.165) is 23.7 Å². The molecule has 2 aromatic rings. The Labute approximate surface area is 210 Å². The van der Waals surface area contributed by atoms with Gasteiger partial charge in [0.05, 0.1) is 25.6 Å². The Hall–Kier alpha value is -2.62. The Morgan fingerprint density at radius 1 is 1.20 bits per heavy atom. The van der Waals surface area contributed by atoms with E-state index in [1.807, 2.05) is 18.2 Å². The molecule has 1 aromatic heterocycles. The molecule has 1 fully saturated rings. The molecule has 10 heteroatoms. The van der Waals surface area contributed by atoms with Crippen LogP contribution in [0.5, 0.6) is 5.75 Å². The molecular formula is C25H35ClN4O5. The number of methoxy groups -OCH3 is 1. The zero-order chi connectivity index (χ0) is 25.4. The highest BCUT2D eigenvalue weighted by atomic mass is 35.5. The summed E-state index contributed by atoms with van der Waals surface area (Å²) in [4.78, 5) is 47.2. The normalized spacial score (nSPS) is 17.7. The summed E-state index contributed by atoms with van der Waals surface area (Å²) in [5, 5.41) is 6.48. The van der Waals surface area contributed by atoms with Crippen LogP contribution in [-0.2, 0) is 14.4 Å². The minimum absolute atomic E-state index is 0.124. The Bertz CT molecular complexity index is 1020. The van der Waals surface area contributed by atoms with Gasteiger partial charge in [-0.15, -0.1) is 11.6 Å². The van der Waals surface area contributed by atoms with Crippen LogP contribution in [0.1, 0.15) is 50.0 Å². The number of alkyl halides is 1. The van der Waals surface area contributed by atoms with E-state index in [9.17, 15) is 14.4 Å². The number of Topliss-reactive ketones (excluding diaryl/α,β-unsaturated/α-hetero) is 1. The molecular weight excluding hydrogens is 472 g/mol. The van der Waals surface area contributed by atoms with Crippen LogP contribution in [0, 0.1) is 11.8 Å². The maximum Gasteiger partial charge on any atom is 0.268 e. The van der Waals surface area contributed by atoms with E-state index in [1.165, 1.54) is 0 Å². The summed E-state index contributed by atoms with van der Waals surface area (Å²) in [6.07, 6.45) is 2.44. The quantitative estimate of drug-likeness (QED) is 0.328. The number of benzene rings is 1. The van der Waals surface area contributed by atoms with Gasteiger partial charge in [-0.3, -0.25) is 14.4 Å². The number of hydrogen-bond acceptors (Lipinski definition) is 6. The zero-order valence-corrected chi connectivity index (χ0v) is 21.2. The average molecular weight is 507 g/mol. The van der Waals surface area contributed by atoms with Gasteiger partial charge >= 0.3 is 0 Å². The Kier molecular flexibility index (Phi) is 9.94. The summed E-state index contributed by atoms with van der Waals surface area (Å²) in [5.41, 5.74) is 3.90. The van der Waals surface area contributed by atoms with Gasteiger partial charge < -0.3 is 25.2 Å². The van der Waals surface area contributed by atoms with Crippen LogP contribution < -0.4 is 20.9 Å². The molecule has 1 aromatic carbocycles. The second-order valence-electron chi connectivity index (χ2n) is 9.36. The van der Waals surface area contributed by atoms with Crippen molar-refractivity contribution in [3.63, 3.8) is 0 Å². The number of rotatable bonds is 12. The van der Waals surface area contributed by atoms with Crippen molar-refractivity contribution in [2.75, 3.05) is 26.1 Å². The molecule has 2 unspecified atom stereocenters. The van der Waals surface area contributed by atoms with Gasteiger partial charge in [0.1, 0.15) is 17.5 Å². The van der Waals surface area contributed by atoms with E-state index >= 15 is 0 Å². The number of carbonyl (C=O) groups excluding carboxylic acids is 3. The summed E-state index contributed by atoms with van der Waals surface area (Å²) in [5.74, 6) is -0.140. The summed E-state index contributed by atoms with van der Waals surface area (Å²) in [6.45, 7) is 5.25. The predicted molar refractivity (Wildman–Crippen MR) is 135 cm³/mol. The molecule has 2 amide bonds. The summed E-state index contributed by atoms with van der Waals surface area (Å²) in [6, 6.07) is 5.68. The van der Waals surface area contributed by atoms with E-state index in [1.54, 1.807) is 13.2 Å². The van der Waals surface area contributed by atoms with Crippen LogP contribution in [0.4, 0.5) is 0 Å². The van der Waals surface area contributed by atoms with Crippen LogP contribution in [0.15, 0.2) is 24.3 Å². The van der Waals surface area contributed by atoms with E-state index in [-0.39, 0.29) is 17.6 Å². The van der Waals surface area contributed by atoms with Gasteiger partial charge in [-0.1, -0.05) is 19.9 Å². The molecule has 0 spiro atoms. The highest BCUT2D eigenvalue weighted by Gasteiger charge is 2.29. The SMILES string of the molecule is COc1cccc2[nH]c(C(=O)N[C@@H](CCC(C)C)C(=O)NC(CC3CCNOC3)C(=O)CCl)cc12. The molecule has 0 bridgehead atoms. The molecule has 4 N–H and O–H groups in total. The summed E-state index contributed by atoms with van der Waals surface area (Å²) >= 11 is 5.83. The lowest BCUT2D eigenvalue weighted by molar-refractivity contribution is -0.128. The number of ketones is 1. The standard InChI is InChI=1S/C25H35ClN4O5/c1-15(2)7-8-19(24(32)30-20(22(31)13-26)11-16-9-10-27-35-14-16)29-25(33)21-12-17-18(28-21)5-4-6-23(17)34-3/h4-6,12,15-16,19-20,27-28H,7-11,13-14H2,1-3H3,(H,29,33)(H,30,32)/t16?,19-,20?/m0/s1. The fraction of sp³-hybridized carbons (Fsp3) is 0.560. The first-order valence-electron chi connectivity index (χ1n) is 12.0. The number of hydrogen-bond donors (Lipinski definition) is 4. The van der Waals surface area contributed by atoms with Crippen LogP contribution in [-0.4, -0.2) is 60.8 Å². The fourth-order valence-electron chi connectivity index (χ4n) is 4.18. The zero-order valence-electron chi connectivity index (χ0n) is 20.5. The van der Waals surface area contributed by atoms with Crippen LogP contribution in [0.2, 0.25) is 0 Å². The third-order valence-electron chi connectivity index (χ3n) is 6.22. The first-order valence-corrected chi connectivity index (χ1v) is 12.6. The highest BCUT2D eigenvalue weighted by molar-refractivity contribution is 6.28. The van der Waals surface area contributed by atoms with E-state index in [2.05, 4.69) is 34.9 Å². The topological polar surface area (TPSA) is 122 Å². The smallest absolute Gasteiger partial charge is 0.268 e. The van der Waals surface area contributed by atoms with Crippen LogP contribution >= 0.6 is 11.6 Å². The Morgan fingerprint density at radius 2 is 2.00 bits per heavy atom. The molecule has 9 nitrogen and oxygen atoms in total. The minimum Gasteiger partial charge on any atom is -0.496 e. The summed E-state index contributed by atoms with van der Waals surface area (Å²) < 4.78 is 5.37. The number of aromatic nitrogens is 1. The van der Waals surface area contributed by atoms with Crippen LogP contribution in [0.25, 0.3) is 10.9 Å². The molecule has 1 aliphatic rings. The van der Waals surface area contributed by atoms with Gasteiger partial charge in [-0.05, 0) is 55.7 Å². The number of carbonyl (C=O) groups is 3. The lowest BCUT2D eigenvalue weighted by Gasteiger charge is -2.28. The Morgan fingerprint density at radius 3 is 2.66 bits per heavy atom. The number of fused-ring (bicyclic) bond motifs is 1. The molecule has 0 aliphatic carbocycles. The number of ether oxygens (including phenoxy) is 1. The molecule has 2 heterocycles. The summed E-state index contributed by atoms with van der Waals surface area (Å²) in [7, 11) is 1.57. The van der Waals surface area contributed by atoms with Crippen molar-refractivity contribution in [2.24, 2.45) is 11.8 Å². The van der Waals surface area contributed by atoms with Gasteiger partial charge in [0.15, 0.2) is 5.78 Å². The van der Waals surface area contributed by atoms with Gasteiger partial charge in [-0.2, -0.15) is 0 Å². The average Bonchev–Trinajstić information content (AvgIpc) is 3.30. The highest BCUT2D eigenvalue weighted by Crippen LogP contribution is 2.26. The lowest BCUT2D eigenvalue weighted by Crippen LogP contribution is -2.52. The van der Waals surface area contributed by atoms with E-state index < -0.39 is 23.9 Å². The van der Waals surface area contributed by atoms with Crippen molar-refractivity contribution in [1.29, 1.82) is 0 Å². The first-order chi connectivity index (χ1) is 16.8. The second kappa shape index (κ2) is 12.9. The second-order valence-corrected chi connectivity index (χ2v) is 9.63. The van der Waals surface area contributed by atoms with E-state index in [4.69, 9.17) is 21.2 Å². The van der Waals surface area contributed by atoms with Crippen molar-refractivity contribution < 1.29 is 24.0 Å². The Balaban J connectivity index is 1.74. The third kappa shape index (κ3) is 7.43. The van der Waals surface area contributed by atoms with Crippen LogP contribution in [0.3, 0.4) is 0 Å². The lowest BCUT2D eigenvalue weighted by atomic mass is 9.94. The molecule has 35 heavy (non-hydrogen) atoms. The maximum absolute atomic E-state index is 13.3. The number of halogens is 1. The number of amides is 2. The number of hydroxylamine groups is 1. The molecule has 3 atom stereocenters. The predicted octanol–water partition coefficient (Wildman–Crippen LogP) is 2.94. The molecule has 0 radical (unpaired) electrons. The molecule has 192 valence electrons. The first kappa shape index (κ1) is 27.0. The third-order valence-corrected chi connectivity index (χ3v) is 6.49. The number of aromatic amines is 1. The molecule has 3 rings (SSSR count).